The molecule has 0 atom stereocenters. The predicted octanol–water partition coefficient (Wildman–Crippen LogP) is 3.56. The second kappa shape index (κ2) is 12.4. The molecule has 0 amide bonds. The fraction of sp³-hybridized carbons (Fsp3) is 0.250. The van der Waals surface area contributed by atoms with Gasteiger partial charge in [0.25, 0.3) is 0 Å². The Morgan fingerprint density at radius 3 is 1.10 bits per heavy atom. The van der Waals surface area contributed by atoms with Gasteiger partial charge in [0.2, 0.25) is 0 Å². The molecule has 0 aliphatic carbocycles. The Labute approximate surface area is 139 Å². The largest absolute Gasteiger partial charge is 0.399 e. The molecule has 4 N–H and O–H groups in total. The zero-order valence-corrected chi connectivity index (χ0v) is 17.3. The molecule has 2 rings (SSSR count). The molecule has 20 heavy (non-hydrogen) atoms. The van der Waals surface area contributed by atoms with E-state index < -0.39 is 0 Å². The monoisotopic (exact) mass is 504 g/mol. The number of nitrogens with two attached hydrogens (primary N) is 2. The van der Waals surface area contributed by atoms with Crippen LogP contribution < -0.4 is 11.5 Å². The number of aryl methyl sites for hydroxylation is 2. The molecule has 0 aromatic heterocycles. The van der Waals surface area contributed by atoms with Crippen molar-refractivity contribution in [3.63, 3.8) is 0 Å². The quantitative estimate of drug-likeness (QED) is 0.466. The summed E-state index contributed by atoms with van der Waals surface area (Å²) in [6, 6.07) is 15.6. The van der Waals surface area contributed by atoms with Gasteiger partial charge in [-0.25, -0.2) is 0 Å². The first kappa shape index (κ1) is 19.6. The van der Waals surface area contributed by atoms with Crippen LogP contribution in [0, 0.1) is 13.8 Å². The number of benzene rings is 2. The number of nitrogen functional groups attached to an aromatic ring is 2. The molecule has 0 unspecified atom stereocenters. The maximum absolute atomic E-state index is 5.52. The maximum Gasteiger partial charge on any atom is 0.0343 e. The molecule has 0 fully saturated rings. The molecule has 2 nitrogen and oxygen atoms in total. The zero-order valence-electron chi connectivity index (χ0n) is 12.6. The van der Waals surface area contributed by atoms with Gasteiger partial charge in [0, 0.05) is 11.4 Å². The van der Waals surface area contributed by atoms with Crippen LogP contribution in [0.4, 0.5) is 11.4 Å². The summed E-state index contributed by atoms with van der Waals surface area (Å²) in [4.78, 5) is 4.74. The molecular formula is C16H24N2Te2. The SMILES string of the molecule is C[Te][Te]C.Cc1ccccc1N.Cc1ccccc1N. The van der Waals surface area contributed by atoms with Crippen LogP contribution in [-0.2, 0) is 0 Å². The van der Waals surface area contributed by atoms with E-state index in [4.69, 9.17) is 11.5 Å². The van der Waals surface area contributed by atoms with Gasteiger partial charge >= 0.3 is 44.1 Å². The van der Waals surface area contributed by atoms with Gasteiger partial charge < -0.3 is 11.5 Å². The smallest absolute Gasteiger partial charge is 0.0343 e. The summed E-state index contributed by atoms with van der Waals surface area (Å²) < 4.78 is 0. The number of anilines is 2. The van der Waals surface area contributed by atoms with Gasteiger partial charge in [0.15, 0.2) is 0 Å². The summed E-state index contributed by atoms with van der Waals surface area (Å²) in [5.74, 6) is 0. The third-order valence-corrected chi connectivity index (χ3v) is 9.88. The van der Waals surface area contributed by atoms with Gasteiger partial charge in [-0.1, -0.05) is 36.4 Å². The first-order valence-corrected chi connectivity index (χ1v) is 18.2. The van der Waals surface area contributed by atoms with E-state index in [1.807, 2.05) is 62.4 Å². The Kier molecular flexibility index (Phi) is 12.1. The molecule has 0 saturated heterocycles. The number of rotatable bonds is 1. The Hall–Kier alpha value is -0.381. The Bertz CT molecular complexity index is 400. The van der Waals surface area contributed by atoms with Crippen molar-refractivity contribution in [1.82, 2.24) is 0 Å². The van der Waals surface area contributed by atoms with Crippen molar-refractivity contribution in [1.29, 1.82) is 0 Å². The molecule has 4 heteroatoms. The van der Waals surface area contributed by atoms with Crippen molar-refractivity contribution in [3.8, 4) is 0 Å². The third kappa shape index (κ3) is 9.51. The van der Waals surface area contributed by atoms with E-state index in [0.29, 0.717) is 34.1 Å². The van der Waals surface area contributed by atoms with Crippen molar-refractivity contribution in [3.05, 3.63) is 59.7 Å². The number of hydrogen-bond acceptors (Lipinski definition) is 2. The van der Waals surface area contributed by atoms with Gasteiger partial charge in [0.1, 0.15) is 0 Å². The van der Waals surface area contributed by atoms with Crippen molar-refractivity contribution in [2.45, 2.75) is 23.8 Å². The van der Waals surface area contributed by atoms with E-state index in [0.717, 1.165) is 22.5 Å². The third-order valence-electron chi connectivity index (χ3n) is 2.54. The summed E-state index contributed by atoms with van der Waals surface area (Å²) in [7, 11) is 0. The minimum absolute atomic E-state index is 0.612. The molecule has 0 aliphatic rings. The summed E-state index contributed by atoms with van der Waals surface area (Å²) in [6.07, 6.45) is 0. The minimum atomic E-state index is 0.612. The van der Waals surface area contributed by atoms with E-state index >= 15 is 0 Å². The van der Waals surface area contributed by atoms with Crippen LogP contribution in [0.25, 0.3) is 0 Å². The van der Waals surface area contributed by atoms with Crippen LogP contribution in [-0.4, -0.2) is 34.1 Å². The van der Waals surface area contributed by atoms with Gasteiger partial charge in [-0.05, 0) is 37.1 Å². The molecule has 0 aliphatic heterocycles. The van der Waals surface area contributed by atoms with Crippen molar-refractivity contribution in [2.24, 2.45) is 0 Å². The number of para-hydroxylation sites is 2. The van der Waals surface area contributed by atoms with Crippen LogP contribution >= 0.6 is 0 Å². The first-order chi connectivity index (χ1) is 9.52. The molecule has 110 valence electrons. The van der Waals surface area contributed by atoms with Gasteiger partial charge in [-0.3, -0.25) is 0 Å². The normalized spacial score (nSPS) is 8.80. The summed E-state index contributed by atoms with van der Waals surface area (Å²) in [6.45, 7) is 3.99. The second-order valence-corrected chi connectivity index (χ2v) is 18.7. The summed E-state index contributed by atoms with van der Waals surface area (Å²) in [5.41, 5.74) is 15.1. The molecule has 0 spiro atoms. The van der Waals surface area contributed by atoms with Gasteiger partial charge in [-0.2, -0.15) is 0 Å². The van der Waals surface area contributed by atoms with Crippen LogP contribution in [0.2, 0.25) is 9.94 Å². The minimum Gasteiger partial charge on any atom is -0.399 e. The van der Waals surface area contributed by atoms with Crippen LogP contribution in [0.5, 0.6) is 0 Å². The van der Waals surface area contributed by atoms with Crippen LogP contribution in [0.3, 0.4) is 0 Å². The molecular weight excluding hydrogens is 475 g/mol. The average molecular weight is 500 g/mol. The Morgan fingerprint density at radius 1 is 0.650 bits per heavy atom. The average Bonchev–Trinajstić information content (AvgIpc) is 2.46. The second-order valence-electron chi connectivity index (χ2n) is 4.05. The van der Waals surface area contributed by atoms with Crippen LogP contribution in [0.1, 0.15) is 11.1 Å². The molecule has 2 aromatic rings. The van der Waals surface area contributed by atoms with Crippen molar-refractivity contribution in [2.75, 3.05) is 11.5 Å². The van der Waals surface area contributed by atoms with E-state index in [2.05, 4.69) is 9.94 Å². The Balaban J connectivity index is 0.000000289. The van der Waals surface area contributed by atoms with Crippen LogP contribution in [0.15, 0.2) is 48.5 Å². The molecule has 0 radical (unpaired) electrons. The molecule has 0 saturated carbocycles. The zero-order chi connectivity index (χ0) is 15.4. The molecule has 2 aromatic carbocycles. The van der Waals surface area contributed by atoms with Gasteiger partial charge in [0.05, 0.1) is 0 Å². The molecule has 0 heterocycles. The van der Waals surface area contributed by atoms with Gasteiger partial charge in [-0.15, -0.1) is 0 Å². The van der Waals surface area contributed by atoms with E-state index in [-0.39, 0.29) is 0 Å². The van der Waals surface area contributed by atoms with E-state index in [9.17, 15) is 0 Å². The van der Waals surface area contributed by atoms with E-state index in [1.54, 1.807) is 0 Å². The first-order valence-electron chi connectivity index (χ1n) is 6.22. The summed E-state index contributed by atoms with van der Waals surface area (Å²) >= 11 is 1.22. The van der Waals surface area contributed by atoms with Crippen molar-refractivity contribution < 1.29 is 0 Å². The van der Waals surface area contributed by atoms with E-state index in [1.165, 1.54) is 0 Å². The fourth-order valence-electron chi connectivity index (χ4n) is 1.17. The van der Waals surface area contributed by atoms with Crippen molar-refractivity contribution >= 4 is 45.5 Å². The Morgan fingerprint density at radius 2 is 0.950 bits per heavy atom. The topological polar surface area (TPSA) is 52.0 Å². The standard InChI is InChI=1S/2C7H9N.C2H6Te2/c2*1-6-4-2-3-5-7(6)8;1-3-4-2/h2*2-5H,8H2,1H3;1-2H3. The maximum atomic E-state index is 5.52. The molecule has 0 bridgehead atoms. The summed E-state index contributed by atoms with van der Waals surface area (Å²) in [5, 5.41) is 0. The fourth-order valence-corrected chi connectivity index (χ4v) is 1.17. The predicted molar refractivity (Wildman–Crippen MR) is 94.4 cm³/mol. The number of hydrogen-bond donors (Lipinski definition) is 2.